The number of hydrogen-bond donors (Lipinski definition) is 0. The van der Waals surface area contributed by atoms with Gasteiger partial charge < -0.3 is 4.74 Å². The highest BCUT2D eigenvalue weighted by Gasteiger charge is 2.00. The van der Waals surface area contributed by atoms with Crippen LogP contribution in [0.5, 0.6) is 0 Å². The normalized spacial score (nSPS) is 11.4. The minimum Gasteiger partial charge on any atom is -0.481 e. The van der Waals surface area contributed by atoms with Gasteiger partial charge in [-0.05, 0) is 24.3 Å². The summed E-state index contributed by atoms with van der Waals surface area (Å²) in [4.78, 5) is 3.88. The molecule has 0 bridgehead atoms. The Morgan fingerprint density at radius 1 is 1.33 bits per heavy atom. The minimum absolute atomic E-state index is 0.259. The van der Waals surface area contributed by atoms with Crippen molar-refractivity contribution in [3.63, 3.8) is 0 Å². The number of halogens is 1. The predicted octanol–water partition coefficient (Wildman–Crippen LogP) is 1.85. The molecule has 0 saturated heterocycles. The first-order valence-corrected chi connectivity index (χ1v) is 3.54. The molecule has 1 aromatic carbocycles. The van der Waals surface area contributed by atoms with E-state index in [-0.39, 0.29) is 5.82 Å². The van der Waals surface area contributed by atoms with Crippen LogP contribution in [0.15, 0.2) is 29.3 Å². The van der Waals surface area contributed by atoms with E-state index in [2.05, 4.69) is 4.99 Å². The molecular formula is C9H10FNO. The average molecular weight is 167 g/mol. The number of ether oxygens (including phenoxy) is 1. The lowest BCUT2D eigenvalue weighted by Crippen LogP contribution is -2.02. The molecule has 0 unspecified atom stereocenters. The summed E-state index contributed by atoms with van der Waals surface area (Å²) in [6, 6.07) is 6.00. The van der Waals surface area contributed by atoms with Crippen molar-refractivity contribution in [1.82, 2.24) is 0 Å². The van der Waals surface area contributed by atoms with Crippen LogP contribution >= 0.6 is 0 Å². The molecule has 0 radical (unpaired) electrons. The standard InChI is InChI=1S/C9H10FNO/c1-11-9(12-2)7-3-5-8(10)6-4-7/h3-6H,1-2H3. The largest absolute Gasteiger partial charge is 0.481 e. The van der Waals surface area contributed by atoms with Crippen molar-refractivity contribution in [1.29, 1.82) is 0 Å². The maximum Gasteiger partial charge on any atom is 0.215 e. The van der Waals surface area contributed by atoms with E-state index in [1.54, 1.807) is 19.2 Å². The number of rotatable bonds is 1. The molecule has 0 aliphatic carbocycles. The van der Waals surface area contributed by atoms with Crippen LogP contribution in [0.2, 0.25) is 0 Å². The van der Waals surface area contributed by atoms with Gasteiger partial charge in [0.1, 0.15) is 5.82 Å². The Balaban J connectivity index is 2.96. The second kappa shape index (κ2) is 3.85. The minimum atomic E-state index is -0.259. The Bertz CT molecular complexity index is 279. The second-order valence-corrected chi connectivity index (χ2v) is 2.24. The summed E-state index contributed by atoms with van der Waals surface area (Å²) < 4.78 is 17.4. The Hall–Kier alpha value is -1.38. The molecule has 0 N–H and O–H groups in total. The molecule has 0 fully saturated rings. The maximum absolute atomic E-state index is 12.5. The average Bonchev–Trinajstić information content (AvgIpc) is 2.10. The summed E-state index contributed by atoms with van der Waals surface area (Å²) in [6.07, 6.45) is 0. The van der Waals surface area contributed by atoms with Crippen molar-refractivity contribution in [3.05, 3.63) is 35.6 Å². The highest BCUT2D eigenvalue weighted by atomic mass is 19.1. The summed E-state index contributed by atoms with van der Waals surface area (Å²) in [7, 11) is 3.16. The Labute approximate surface area is 70.7 Å². The van der Waals surface area contributed by atoms with Crippen molar-refractivity contribution in [2.24, 2.45) is 4.99 Å². The van der Waals surface area contributed by atoms with E-state index < -0.39 is 0 Å². The van der Waals surface area contributed by atoms with Crippen molar-refractivity contribution in [2.75, 3.05) is 14.2 Å². The number of nitrogens with zero attached hydrogens (tertiary/aromatic N) is 1. The fraction of sp³-hybridized carbons (Fsp3) is 0.222. The third-order valence-electron chi connectivity index (χ3n) is 1.49. The number of benzene rings is 1. The molecule has 0 heterocycles. The van der Waals surface area contributed by atoms with Gasteiger partial charge in [-0.2, -0.15) is 0 Å². The zero-order valence-electron chi connectivity index (χ0n) is 7.04. The number of aliphatic imine (C=N–C) groups is 1. The lowest BCUT2D eigenvalue weighted by atomic mass is 10.2. The van der Waals surface area contributed by atoms with E-state index in [0.717, 1.165) is 5.56 Å². The van der Waals surface area contributed by atoms with Crippen molar-refractivity contribution >= 4 is 5.90 Å². The highest BCUT2D eigenvalue weighted by molar-refractivity contribution is 5.93. The molecule has 3 heteroatoms. The fourth-order valence-electron chi connectivity index (χ4n) is 0.931. The Morgan fingerprint density at radius 3 is 2.33 bits per heavy atom. The zero-order valence-corrected chi connectivity index (χ0v) is 7.04. The smallest absolute Gasteiger partial charge is 0.215 e. The van der Waals surface area contributed by atoms with Crippen LogP contribution < -0.4 is 0 Å². The number of hydrogen-bond acceptors (Lipinski definition) is 2. The quantitative estimate of drug-likeness (QED) is 0.462. The summed E-state index contributed by atoms with van der Waals surface area (Å²) in [5.41, 5.74) is 0.779. The van der Waals surface area contributed by atoms with Gasteiger partial charge in [0.25, 0.3) is 0 Å². The van der Waals surface area contributed by atoms with Gasteiger partial charge in [0.2, 0.25) is 5.90 Å². The summed E-state index contributed by atoms with van der Waals surface area (Å²) in [6.45, 7) is 0. The second-order valence-electron chi connectivity index (χ2n) is 2.24. The third kappa shape index (κ3) is 1.81. The first-order valence-electron chi connectivity index (χ1n) is 3.54. The number of methoxy groups -OCH3 is 1. The van der Waals surface area contributed by atoms with Gasteiger partial charge in [-0.1, -0.05) is 0 Å². The van der Waals surface area contributed by atoms with E-state index in [1.807, 2.05) is 0 Å². The van der Waals surface area contributed by atoms with Crippen molar-refractivity contribution in [3.8, 4) is 0 Å². The predicted molar refractivity (Wildman–Crippen MR) is 45.9 cm³/mol. The van der Waals surface area contributed by atoms with Crippen LogP contribution in [0, 0.1) is 5.82 Å². The van der Waals surface area contributed by atoms with Gasteiger partial charge in [-0.3, -0.25) is 4.99 Å². The SMILES string of the molecule is CN=C(OC)c1ccc(F)cc1. The first-order chi connectivity index (χ1) is 5.77. The third-order valence-corrected chi connectivity index (χ3v) is 1.49. The van der Waals surface area contributed by atoms with Crippen LogP contribution in [0.3, 0.4) is 0 Å². The van der Waals surface area contributed by atoms with Crippen molar-refractivity contribution < 1.29 is 9.13 Å². The molecule has 0 atom stereocenters. The summed E-state index contributed by atoms with van der Waals surface area (Å²) >= 11 is 0. The molecule has 0 spiro atoms. The van der Waals surface area contributed by atoms with Crippen LogP contribution in [0.25, 0.3) is 0 Å². The van der Waals surface area contributed by atoms with Gasteiger partial charge in [0, 0.05) is 12.6 Å². The van der Waals surface area contributed by atoms with Crippen LogP contribution in [-0.2, 0) is 4.74 Å². The molecule has 0 aliphatic heterocycles. The molecule has 0 saturated carbocycles. The molecule has 2 nitrogen and oxygen atoms in total. The molecule has 1 rings (SSSR count). The Morgan fingerprint density at radius 2 is 1.92 bits per heavy atom. The maximum atomic E-state index is 12.5. The lowest BCUT2D eigenvalue weighted by Gasteiger charge is -2.02. The monoisotopic (exact) mass is 167 g/mol. The van der Waals surface area contributed by atoms with E-state index >= 15 is 0 Å². The molecule has 0 aromatic heterocycles. The van der Waals surface area contributed by atoms with Crippen molar-refractivity contribution in [2.45, 2.75) is 0 Å². The van der Waals surface area contributed by atoms with Gasteiger partial charge in [-0.15, -0.1) is 0 Å². The Kier molecular flexibility index (Phi) is 2.80. The molecule has 12 heavy (non-hydrogen) atoms. The van der Waals surface area contributed by atoms with Gasteiger partial charge in [-0.25, -0.2) is 4.39 Å². The van der Waals surface area contributed by atoms with Gasteiger partial charge in [0.05, 0.1) is 7.11 Å². The van der Waals surface area contributed by atoms with E-state index in [1.165, 1.54) is 19.2 Å². The highest BCUT2D eigenvalue weighted by Crippen LogP contribution is 2.04. The van der Waals surface area contributed by atoms with Gasteiger partial charge in [0.15, 0.2) is 0 Å². The summed E-state index contributed by atoms with van der Waals surface area (Å²) in [5, 5.41) is 0. The lowest BCUT2D eigenvalue weighted by molar-refractivity contribution is 0.404. The summed E-state index contributed by atoms with van der Waals surface area (Å²) in [5.74, 6) is 0.250. The van der Waals surface area contributed by atoms with Crippen LogP contribution in [0.1, 0.15) is 5.56 Å². The topological polar surface area (TPSA) is 21.6 Å². The molecular weight excluding hydrogens is 157 g/mol. The molecule has 0 amide bonds. The molecule has 0 aliphatic rings. The fourth-order valence-corrected chi connectivity index (χ4v) is 0.931. The van der Waals surface area contributed by atoms with E-state index in [9.17, 15) is 4.39 Å². The molecule has 64 valence electrons. The first kappa shape index (κ1) is 8.71. The van der Waals surface area contributed by atoms with E-state index in [0.29, 0.717) is 5.90 Å². The van der Waals surface area contributed by atoms with Crippen LogP contribution in [0.4, 0.5) is 4.39 Å². The van der Waals surface area contributed by atoms with E-state index in [4.69, 9.17) is 4.74 Å². The van der Waals surface area contributed by atoms with Crippen LogP contribution in [-0.4, -0.2) is 20.1 Å². The molecule has 1 aromatic rings. The zero-order chi connectivity index (χ0) is 8.97. The van der Waals surface area contributed by atoms with Gasteiger partial charge >= 0.3 is 0 Å².